The van der Waals surface area contributed by atoms with Crippen molar-refractivity contribution in [2.45, 2.75) is 32.7 Å². The second-order valence-corrected chi connectivity index (χ2v) is 5.12. The molecule has 110 valence electrons. The van der Waals surface area contributed by atoms with Crippen LogP contribution in [0, 0.1) is 0 Å². The quantitative estimate of drug-likeness (QED) is 0.724. The second-order valence-electron chi connectivity index (χ2n) is 5.12. The zero-order chi connectivity index (χ0) is 14.8. The van der Waals surface area contributed by atoms with E-state index in [2.05, 4.69) is 27.0 Å². The van der Waals surface area contributed by atoms with Gasteiger partial charge in [-0.1, -0.05) is 19.8 Å². The Morgan fingerprint density at radius 3 is 2.86 bits per heavy atom. The predicted octanol–water partition coefficient (Wildman–Crippen LogP) is 1.71. The molecule has 0 aliphatic heterocycles. The van der Waals surface area contributed by atoms with Gasteiger partial charge in [0, 0.05) is 25.4 Å². The van der Waals surface area contributed by atoms with E-state index in [1.54, 1.807) is 21.6 Å². The van der Waals surface area contributed by atoms with E-state index in [4.69, 9.17) is 0 Å². The summed E-state index contributed by atoms with van der Waals surface area (Å²) in [6.45, 7) is 2.80. The van der Waals surface area contributed by atoms with Gasteiger partial charge in [0.05, 0.1) is 18.1 Å². The lowest BCUT2D eigenvalue weighted by Crippen LogP contribution is -2.17. The third kappa shape index (κ3) is 2.58. The molecule has 0 bridgehead atoms. The van der Waals surface area contributed by atoms with E-state index in [-0.39, 0.29) is 5.69 Å². The number of hydrogen-bond acceptors (Lipinski definition) is 4. The Morgan fingerprint density at radius 2 is 2.14 bits per heavy atom. The van der Waals surface area contributed by atoms with Crippen molar-refractivity contribution in [1.82, 2.24) is 29.3 Å². The Labute approximate surface area is 121 Å². The molecule has 0 aromatic carbocycles. The molecule has 0 saturated carbocycles. The van der Waals surface area contributed by atoms with Crippen LogP contribution >= 0.6 is 0 Å². The molecule has 0 aliphatic rings. The number of H-pyrrole nitrogens is 1. The molecule has 0 saturated heterocycles. The van der Waals surface area contributed by atoms with E-state index in [1.807, 2.05) is 13.2 Å². The molecule has 3 heterocycles. The van der Waals surface area contributed by atoms with E-state index < -0.39 is 0 Å². The first-order valence-corrected chi connectivity index (χ1v) is 7.13. The lowest BCUT2D eigenvalue weighted by atomic mass is 10.2. The molecule has 3 aromatic heterocycles. The first kappa shape index (κ1) is 13.5. The number of fused-ring (bicyclic) bond motifs is 1. The summed E-state index contributed by atoms with van der Waals surface area (Å²) in [7, 11) is 1.85. The predicted molar refractivity (Wildman–Crippen MR) is 79.9 cm³/mol. The van der Waals surface area contributed by atoms with E-state index in [0.29, 0.717) is 17.8 Å². The summed E-state index contributed by atoms with van der Waals surface area (Å²) in [4.78, 5) is 23.6. The number of aromatic nitrogens is 6. The summed E-state index contributed by atoms with van der Waals surface area (Å²) in [5.74, 6) is 0. The molecular formula is C14H18N6O. The molecule has 0 radical (unpaired) electrons. The number of imidazole rings is 1. The van der Waals surface area contributed by atoms with E-state index in [9.17, 15) is 4.79 Å². The molecular weight excluding hydrogens is 268 g/mol. The van der Waals surface area contributed by atoms with Gasteiger partial charge in [0.15, 0.2) is 11.3 Å². The normalized spacial score (nSPS) is 11.3. The van der Waals surface area contributed by atoms with E-state index in [0.717, 1.165) is 30.5 Å². The topological polar surface area (TPSA) is 81.4 Å². The Hall–Kier alpha value is -2.44. The van der Waals surface area contributed by atoms with Gasteiger partial charge in [-0.25, -0.2) is 14.8 Å². The number of unbranched alkanes of at least 4 members (excludes halogenated alkanes) is 2. The fourth-order valence-corrected chi connectivity index (χ4v) is 2.34. The van der Waals surface area contributed by atoms with Crippen LogP contribution in [0.3, 0.4) is 0 Å². The summed E-state index contributed by atoms with van der Waals surface area (Å²) in [5, 5.41) is 4.13. The van der Waals surface area contributed by atoms with Crippen LogP contribution in [0.25, 0.3) is 22.6 Å². The van der Waals surface area contributed by atoms with Gasteiger partial charge in [0.1, 0.15) is 0 Å². The highest BCUT2D eigenvalue weighted by Gasteiger charge is 2.11. The highest BCUT2D eigenvalue weighted by Crippen LogP contribution is 2.17. The maximum absolute atomic E-state index is 12.0. The molecule has 7 heteroatoms. The standard InChI is InChI=1S/C14H18N6O/c1-3-4-5-6-20-13-12(18-14(20)21)15-8-11(17-13)10-7-16-19(2)9-10/h7-9H,3-6H2,1-2H3,(H,15,18,21). The Balaban J connectivity index is 2.03. The zero-order valence-corrected chi connectivity index (χ0v) is 12.2. The SMILES string of the molecule is CCCCCn1c(=O)[nH]c2ncc(-c3cnn(C)c3)nc21. The van der Waals surface area contributed by atoms with E-state index >= 15 is 0 Å². The summed E-state index contributed by atoms with van der Waals surface area (Å²) in [6, 6.07) is 0. The molecule has 0 amide bonds. The first-order valence-electron chi connectivity index (χ1n) is 7.13. The van der Waals surface area contributed by atoms with Crippen LogP contribution in [0.1, 0.15) is 26.2 Å². The number of rotatable bonds is 5. The van der Waals surface area contributed by atoms with Gasteiger partial charge < -0.3 is 0 Å². The van der Waals surface area contributed by atoms with Crippen LogP contribution in [-0.2, 0) is 13.6 Å². The largest absolute Gasteiger partial charge is 0.328 e. The number of nitrogens with zero attached hydrogens (tertiary/aromatic N) is 5. The highest BCUT2D eigenvalue weighted by atomic mass is 16.1. The minimum absolute atomic E-state index is 0.149. The monoisotopic (exact) mass is 286 g/mol. The van der Waals surface area contributed by atoms with Crippen molar-refractivity contribution in [3.8, 4) is 11.3 Å². The van der Waals surface area contributed by atoms with Gasteiger partial charge in [0.2, 0.25) is 0 Å². The minimum Gasteiger partial charge on any atom is -0.289 e. The third-order valence-electron chi connectivity index (χ3n) is 3.47. The number of aromatic amines is 1. The second kappa shape index (κ2) is 5.51. The van der Waals surface area contributed by atoms with Crippen LogP contribution in [0.5, 0.6) is 0 Å². The molecule has 0 atom stereocenters. The van der Waals surface area contributed by atoms with Gasteiger partial charge >= 0.3 is 5.69 Å². The van der Waals surface area contributed by atoms with Gasteiger partial charge in [-0.2, -0.15) is 5.10 Å². The smallest absolute Gasteiger partial charge is 0.289 e. The van der Waals surface area contributed by atoms with Gasteiger partial charge in [0.25, 0.3) is 0 Å². The average Bonchev–Trinajstić information content (AvgIpc) is 3.03. The van der Waals surface area contributed by atoms with Crippen molar-refractivity contribution in [2.75, 3.05) is 0 Å². The number of hydrogen-bond donors (Lipinski definition) is 1. The molecule has 0 fully saturated rings. The Kier molecular flexibility index (Phi) is 3.55. The highest BCUT2D eigenvalue weighted by molar-refractivity contribution is 5.70. The molecule has 0 aliphatic carbocycles. The molecule has 1 N–H and O–H groups in total. The summed E-state index contributed by atoms with van der Waals surface area (Å²) < 4.78 is 3.38. The van der Waals surface area contributed by atoms with Crippen molar-refractivity contribution in [3.05, 3.63) is 29.1 Å². The molecule has 3 aromatic rings. The first-order chi connectivity index (χ1) is 10.2. The van der Waals surface area contributed by atoms with Crippen molar-refractivity contribution >= 4 is 11.3 Å². The minimum atomic E-state index is -0.149. The molecule has 7 nitrogen and oxygen atoms in total. The fraction of sp³-hybridized carbons (Fsp3) is 0.429. The number of aryl methyl sites for hydroxylation is 2. The molecule has 0 unspecified atom stereocenters. The van der Waals surface area contributed by atoms with Crippen LogP contribution in [0.15, 0.2) is 23.4 Å². The van der Waals surface area contributed by atoms with Gasteiger partial charge in [-0.15, -0.1) is 0 Å². The third-order valence-corrected chi connectivity index (χ3v) is 3.47. The van der Waals surface area contributed by atoms with E-state index in [1.165, 1.54) is 0 Å². The van der Waals surface area contributed by atoms with Crippen LogP contribution in [0.2, 0.25) is 0 Å². The van der Waals surface area contributed by atoms with Crippen LogP contribution in [0.4, 0.5) is 0 Å². The summed E-state index contributed by atoms with van der Waals surface area (Å²) in [5.41, 5.74) is 2.60. The maximum atomic E-state index is 12.0. The van der Waals surface area contributed by atoms with Gasteiger partial charge in [-0.3, -0.25) is 14.2 Å². The van der Waals surface area contributed by atoms with Crippen molar-refractivity contribution in [3.63, 3.8) is 0 Å². The van der Waals surface area contributed by atoms with Crippen molar-refractivity contribution in [2.24, 2.45) is 7.05 Å². The lowest BCUT2D eigenvalue weighted by molar-refractivity contribution is 0.598. The Bertz CT molecular complexity index is 812. The number of nitrogens with one attached hydrogen (secondary N) is 1. The van der Waals surface area contributed by atoms with Crippen LogP contribution < -0.4 is 5.69 Å². The molecule has 21 heavy (non-hydrogen) atoms. The summed E-state index contributed by atoms with van der Waals surface area (Å²) >= 11 is 0. The Morgan fingerprint density at radius 1 is 1.29 bits per heavy atom. The lowest BCUT2D eigenvalue weighted by Gasteiger charge is -2.02. The maximum Gasteiger partial charge on any atom is 0.328 e. The fourth-order valence-electron chi connectivity index (χ4n) is 2.34. The van der Waals surface area contributed by atoms with Gasteiger partial charge in [-0.05, 0) is 6.42 Å². The van der Waals surface area contributed by atoms with Crippen molar-refractivity contribution < 1.29 is 0 Å². The summed E-state index contributed by atoms with van der Waals surface area (Å²) in [6.07, 6.45) is 8.44. The zero-order valence-electron chi connectivity index (χ0n) is 12.2. The van der Waals surface area contributed by atoms with Crippen molar-refractivity contribution in [1.29, 1.82) is 0 Å². The molecule has 3 rings (SSSR count). The average molecular weight is 286 g/mol. The van der Waals surface area contributed by atoms with Crippen LogP contribution in [-0.4, -0.2) is 29.3 Å². The molecule has 0 spiro atoms.